The van der Waals surface area contributed by atoms with E-state index in [1.54, 1.807) is 0 Å². The van der Waals surface area contributed by atoms with Crippen LogP contribution in [-0.4, -0.2) is 4.21 Å². The maximum Gasteiger partial charge on any atom is 0.130 e. The van der Waals surface area contributed by atoms with Gasteiger partial charge in [0.1, 0.15) is 27.3 Å². The van der Waals surface area contributed by atoms with Crippen LogP contribution >= 0.6 is 0 Å². The Morgan fingerprint density at radius 1 is 1.21 bits per heavy atom. The Labute approximate surface area is 117 Å². The number of nitrogens with zero attached hydrogens (tertiary/aromatic N) is 2. The van der Waals surface area contributed by atoms with Crippen LogP contribution in [0.15, 0.2) is 45.7 Å². The van der Waals surface area contributed by atoms with Crippen LogP contribution in [0.1, 0.15) is 18.9 Å². The third-order valence-corrected chi connectivity index (χ3v) is 6.08. The monoisotopic (exact) mass is 286 g/mol. The molecule has 0 saturated heterocycles. The van der Waals surface area contributed by atoms with Crippen molar-refractivity contribution in [3.05, 3.63) is 51.3 Å². The molecule has 1 unspecified atom stereocenters. The molecule has 0 saturated carbocycles. The van der Waals surface area contributed by atoms with Crippen molar-refractivity contribution in [3.63, 3.8) is 0 Å². The Morgan fingerprint density at radius 3 is 2.37 bits per heavy atom. The van der Waals surface area contributed by atoms with Crippen molar-refractivity contribution in [2.45, 2.75) is 13.3 Å². The van der Waals surface area contributed by atoms with Gasteiger partial charge in [-0.3, -0.25) is 0 Å². The summed E-state index contributed by atoms with van der Waals surface area (Å²) in [5, 5.41) is 18.7. The zero-order valence-electron chi connectivity index (χ0n) is 10.2. The molecule has 1 aliphatic rings. The van der Waals surface area contributed by atoms with Crippen molar-refractivity contribution in [2.24, 2.45) is 0 Å². The minimum Gasteiger partial charge on any atom is -0.205 e. The normalized spacial score (nSPS) is 18.2. The zero-order valence-corrected chi connectivity index (χ0v) is 11.8. The molecular formula is C14H10N2OS2. The summed E-state index contributed by atoms with van der Waals surface area (Å²) in [5.41, 5.74) is 1.96. The summed E-state index contributed by atoms with van der Waals surface area (Å²) in [5.74, 6) is 0. The molecule has 2 rings (SSSR count). The quantitative estimate of drug-likeness (QED) is 0.839. The maximum absolute atomic E-state index is 11.3. The van der Waals surface area contributed by atoms with Crippen LogP contribution < -0.4 is 0 Å². The molecule has 0 amide bonds. The van der Waals surface area contributed by atoms with Crippen LogP contribution in [0.3, 0.4) is 0 Å². The van der Waals surface area contributed by atoms with Gasteiger partial charge in [-0.1, -0.05) is 37.3 Å². The van der Waals surface area contributed by atoms with Crippen LogP contribution in [-0.2, 0) is 19.7 Å². The van der Waals surface area contributed by atoms with Gasteiger partial charge in [-0.25, -0.2) is 4.21 Å². The molecule has 0 aliphatic carbocycles. The lowest BCUT2D eigenvalue weighted by Gasteiger charge is -2.02. The van der Waals surface area contributed by atoms with Crippen molar-refractivity contribution < 1.29 is 4.21 Å². The SMILES string of the molecule is CCC1=C(C#N)C(c2ccccc2)=C(C#N)S1=S=O. The third-order valence-electron chi connectivity index (χ3n) is 2.83. The molecule has 0 N–H and O–H groups in total. The number of rotatable bonds is 2. The van der Waals surface area contributed by atoms with Gasteiger partial charge in [-0.2, -0.15) is 10.5 Å². The smallest absolute Gasteiger partial charge is 0.130 e. The van der Waals surface area contributed by atoms with E-state index >= 15 is 0 Å². The number of hydrogen-bond donors (Lipinski definition) is 0. The van der Waals surface area contributed by atoms with Crippen LogP contribution in [0.25, 0.3) is 5.57 Å². The molecule has 0 fully saturated rings. The number of hydrogen-bond acceptors (Lipinski definition) is 3. The molecule has 1 aliphatic heterocycles. The highest BCUT2D eigenvalue weighted by Gasteiger charge is 2.29. The number of benzene rings is 1. The van der Waals surface area contributed by atoms with Gasteiger partial charge in [-0.15, -0.1) is 0 Å². The first-order valence-electron chi connectivity index (χ1n) is 5.66. The highest BCUT2D eigenvalue weighted by atomic mass is 32.8. The van der Waals surface area contributed by atoms with Crippen molar-refractivity contribution in [1.82, 2.24) is 0 Å². The molecule has 0 radical (unpaired) electrons. The molecule has 3 nitrogen and oxygen atoms in total. The average Bonchev–Trinajstić information content (AvgIpc) is 2.80. The largest absolute Gasteiger partial charge is 0.205 e. The first kappa shape index (κ1) is 13.5. The fourth-order valence-electron chi connectivity index (χ4n) is 2.04. The fourth-order valence-corrected chi connectivity index (χ4v) is 4.94. The van der Waals surface area contributed by atoms with E-state index in [9.17, 15) is 14.7 Å². The highest BCUT2D eigenvalue weighted by molar-refractivity contribution is 8.35. The predicted molar refractivity (Wildman–Crippen MR) is 77.4 cm³/mol. The van der Waals surface area contributed by atoms with E-state index in [0.717, 1.165) is 10.5 Å². The van der Waals surface area contributed by atoms with Crippen LogP contribution in [0.4, 0.5) is 0 Å². The van der Waals surface area contributed by atoms with Gasteiger partial charge in [0.05, 0.1) is 5.57 Å². The summed E-state index contributed by atoms with van der Waals surface area (Å²) in [6.07, 6.45) is 0.614. The average molecular weight is 286 g/mol. The lowest BCUT2D eigenvalue weighted by Crippen LogP contribution is -1.91. The minimum absolute atomic E-state index is 0.404. The summed E-state index contributed by atoms with van der Waals surface area (Å²) in [4.78, 5) is 1.22. The van der Waals surface area contributed by atoms with Crippen molar-refractivity contribution in [2.75, 3.05) is 0 Å². The first-order valence-corrected chi connectivity index (χ1v) is 8.14. The third kappa shape index (κ3) is 2.19. The van der Waals surface area contributed by atoms with Gasteiger partial charge < -0.3 is 0 Å². The van der Waals surface area contributed by atoms with Gasteiger partial charge in [0.25, 0.3) is 0 Å². The predicted octanol–water partition coefficient (Wildman–Crippen LogP) is 2.87. The Bertz CT molecular complexity index is 727. The minimum atomic E-state index is -0.834. The van der Waals surface area contributed by atoms with Crippen molar-refractivity contribution >= 4 is 25.3 Å². The summed E-state index contributed by atoms with van der Waals surface area (Å²) in [7, 11) is -0.430. The Morgan fingerprint density at radius 2 is 1.89 bits per heavy atom. The number of nitriles is 2. The summed E-state index contributed by atoms with van der Waals surface area (Å²) in [6, 6.07) is 13.6. The molecule has 0 aromatic heterocycles. The van der Waals surface area contributed by atoms with Gasteiger partial charge in [0.2, 0.25) is 0 Å². The lowest BCUT2D eigenvalue weighted by molar-refractivity contribution is 0.701. The standard InChI is InChI=1S/C14H10N2OS2/c1-2-12-11(8-15)14(10-6-4-3-5-7-10)13(9-16)19(12)18-17/h3-7H,2H2,1H3. The first-order chi connectivity index (χ1) is 9.28. The van der Waals surface area contributed by atoms with E-state index in [1.807, 2.05) is 37.3 Å². The Balaban J connectivity index is 2.82. The summed E-state index contributed by atoms with van der Waals surface area (Å²) < 4.78 is 11.3. The van der Waals surface area contributed by atoms with E-state index in [2.05, 4.69) is 12.1 Å². The van der Waals surface area contributed by atoms with E-state index in [-0.39, 0.29) is 0 Å². The number of allylic oxidation sites excluding steroid dienone is 4. The van der Waals surface area contributed by atoms with Gasteiger partial charge in [0.15, 0.2) is 0 Å². The second kappa shape index (κ2) is 5.79. The molecule has 0 bridgehead atoms. The molecule has 19 heavy (non-hydrogen) atoms. The molecule has 5 heteroatoms. The van der Waals surface area contributed by atoms with Crippen molar-refractivity contribution in [1.29, 1.82) is 10.5 Å². The van der Waals surface area contributed by atoms with Crippen LogP contribution in [0, 0.1) is 22.7 Å². The fraction of sp³-hybridized carbons (Fsp3) is 0.143. The van der Waals surface area contributed by atoms with Gasteiger partial charge >= 0.3 is 0 Å². The van der Waals surface area contributed by atoms with E-state index in [1.165, 1.54) is 0 Å². The zero-order chi connectivity index (χ0) is 13.8. The molecule has 94 valence electrons. The molecular weight excluding hydrogens is 276 g/mol. The molecule has 0 spiro atoms. The summed E-state index contributed by atoms with van der Waals surface area (Å²) in [6.45, 7) is 1.91. The van der Waals surface area contributed by atoms with Crippen molar-refractivity contribution in [3.8, 4) is 12.1 Å². The van der Waals surface area contributed by atoms with Crippen LogP contribution in [0.2, 0.25) is 0 Å². The molecule has 1 aromatic carbocycles. The van der Waals surface area contributed by atoms with E-state index in [0.29, 0.717) is 32.7 Å². The Hall–Kier alpha value is -1.95. The lowest BCUT2D eigenvalue weighted by atomic mass is 9.98. The molecule has 1 heterocycles. The van der Waals surface area contributed by atoms with Gasteiger partial charge in [-0.05, 0) is 21.4 Å². The second-order valence-corrected chi connectivity index (χ2v) is 6.77. The Kier molecular flexibility index (Phi) is 4.11. The van der Waals surface area contributed by atoms with Gasteiger partial charge in [0, 0.05) is 10.5 Å². The van der Waals surface area contributed by atoms with E-state index < -0.39 is 9.45 Å². The molecule has 1 atom stereocenters. The van der Waals surface area contributed by atoms with E-state index in [4.69, 9.17) is 0 Å². The summed E-state index contributed by atoms with van der Waals surface area (Å²) >= 11 is 0. The topological polar surface area (TPSA) is 64.7 Å². The van der Waals surface area contributed by atoms with Crippen LogP contribution in [0.5, 0.6) is 0 Å². The second-order valence-electron chi connectivity index (χ2n) is 3.78. The maximum atomic E-state index is 11.3. The highest BCUT2D eigenvalue weighted by Crippen LogP contribution is 2.40. The molecule has 1 aromatic rings.